The van der Waals surface area contributed by atoms with Gasteiger partial charge in [0.2, 0.25) is 5.91 Å². The Labute approximate surface area is 146 Å². The predicted molar refractivity (Wildman–Crippen MR) is 96.9 cm³/mol. The van der Waals surface area contributed by atoms with Gasteiger partial charge in [-0.25, -0.2) is 4.39 Å². The summed E-state index contributed by atoms with van der Waals surface area (Å²) in [4.78, 5) is 24.5. The van der Waals surface area contributed by atoms with Crippen molar-refractivity contribution >= 4 is 23.2 Å². The van der Waals surface area contributed by atoms with E-state index in [1.807, 2.05) is 6.92 Å². The normalized spacial score (nSPS) is 13.0. The minimum absolute atomic E-state index is 0.308. The van der Waals surface area contributed by atoms with Crippen molar-refractivity contribution in [1.29, 1.82) is 0 Å². The number of benzene rings is 2. The molecule has 0 saturated heterocycles. The second-order valence-corrected chi connectivity index (χ2v) is 6.17. The number of amides is 2. The molecule has 0 heterocycles. The Morgan fingerprint density at radius 3 is 2.36 bits per heavy atom. The van der Waals surface area contributed by atoms with Crippen LogP contribution in [0.3, 0.4) is 0 Å². The van der Waals surface area contributed by atoms with Crippen molar-refractivity contribution in [3.05, 3.63) is 59.9 Å². The van der Waals surface area contributed by atoms with Gasteiger partial charge in [0.25, 0.3) is 5.91 Å². The number of anilines is 2. The highest BCUT2D eigenvalue weighted by Gasteiger charge is 2.27. The number of nitrogens with one attached hydrogen (secondary N) is 2. The lowest BCUT2D eigenvalue weighted by atomic mass is 9.96. The molecule has 0 aliphatic carbocycles. The molecule has 2 rings (SSSR count). The largest absolute Gasteiger partial charge is 0.324 e. The first-order valence-corrected chi connectivity index (χ1v) is 8.09. The Morgan fingerprint density at radius 2 is 1.72 bits per heavy atom. The van der Waals surface area contributed by atoms with Gasteiger partial charge in [0.05, 0.1) is 5.54 Å². The Morgan fingerprint density at radius 1 is 1.08 bits per heavy atom. The van der Waals surface area contributed by atoms with Crippen LogP contribution < -0.4 is 16.4 Å². The van der Waals surface area contributed by atoms with Gasteiger partial charge in [-0.05, 0) is 49.7 Å². The second-order valence-electron chi connectivity index (χ2n) is 6.17. The maximum absolute atomic E-state index is 13.2. The molecular weight excluding hydrogens is 321 g/mol. The first-order chi connectivity index (χ1) is 11.8. The number of nitrogens with two attached hydrogens (primary N) is 1. The number of rotatable bonds is 6. The summed E-state index contributed by atoms with van der Waals surface area (Å²) >= 11 is 0. The average molecular weight is 343 g/mol. The molecule has 0 aliphatic rings. The molecule has 2 amide bonds. The molecule has 132 valence electrons. The number of halogens is 1. The molecule has 0 aliphatic heterocycles. The fourth-order valence-electron chi connectivity index (χ4n) is 2.41. The van der Waals surface area contributed by atoms with Crippen molar-refractivity contribution < 1.29 is 14.0 Å². The van der Waals surface area contributed by atoms with Crippen molar-refractivity contribution in [2.24, 2.45) is 5.73 Å². The van der Waals surface area contributed by atoms with Gasteiger partial charge >= 0.3 is 0 Å². The summed E-state index contributed by atoms with van der Waals surface area (Å²) in [5.41, 5.74) is 6.21. The van der Waals surface area contributed by atoms with E-state index in [9.17, 15) is 14.0 Å². The third kappa shape index (κ3) is 5.12. The summed E-state index contributed by atoms with van der Waals surface area (Å²) < 4.78 is 13.2. The zero-order valence-electron chi connectivity index (χ0n) is 14.3. The van der Waals surface area contributed by atoms with Crippen LogP contribution in [0.15, 0.2) is 48.5 Å². The Bertz CT molecular complexity index is 775. The summed E-state index contributed by atoms with van der Waals surface area (Å²) in [5.74, 6) is -1.14. The molecule has 25 heavy (non-hydrogen) atoms. The highest BCUT2D eigenvalue weighted by atomic mass is 19.1. The van der Waals surface area contributed by atoms with Gasteiger partial charge in [-0.1, -0.05) is 25.5 Å². The van der Waals surface area contributed by atoms with Gasteiger partial charge in [-0.15, -0.1) is 0 Å². The zero-order chi connectivity index (χ0) is 18.4. The molecule has 0 spiro atoms. The minimum Gasteiger partial charge on any atom is -0.324 e. The Kier molecular flexibility index (Phi) is 5.88. The molecule has 0 fully saturated rings. The van der Waals surface area contributed by atoms with E-state index in [1.54, 1.807) is 37.3 Å². The molecular formula is C19H22FN3O2. The van der Waals surface area contributed by atoms with Crippen molar-refractivity contribution in [3.8, 4) is 0 Å². The van der Waals surface area contributed by atoms with Crippen molar-refractivity contribution in [2.45, 2.75) is 32.2 Å². The van der Waals surface area contributed by atoms with Crippen LogP contribution in [0.5, 0.6) is 0 Å². The van der Waals surface area contributed by atoms with Gasteiger partial charge < -0.3 is 16.4 Å². The molecule has 0 bridgehead atoms. The van der Waals surface area contributed by atoms with Crippen LogP contribution in [0.25, 0.3) is 0 Å². The summed E-state index contributed by atoms with van der Waals surface area (Å²) in [6, 6.07) is 12.1. The minimum atomic E-state index is -0.978. The Balaban J connectivity index is 2.10. The van der Waals surface area contributed by atoms with Crippen molar-refractivity contribution in [3.63, 3.8) is 0 Å². The van der Waals surface area contributed by atoms with E-state index in [-0.39, 0.29) is 5.91 Å². The summed E-state index contributed by atoms with van der Waals surface area (Å²) in [5, 5.41) is 5.35. The van der Waals surface area contributed by atoms with Gasteiger partial charge in [-0.3, -0.25) is 9.59 Å². The van der Waals surface area contributed by atoms with Crippen LogP contribution in [0, 0.1) is 5.82 Å². The zero-order valence-corrected chi connectivity index (χ0v) is 14.3. The molecule has 1 unspecified atom stereocenters. The second kappa shape index (κ2) is 7.90. The van der Waals surface area contributed by atoms with E-state index in [2.05, 4.69) is 10.6 Å². The standard InChI is InChI=1S/C19H22FN3O2/c1-3-10-19(2,21)18(25)23-15-8-4-6-13(11-15)17(24)22-16-9-5-7-14(20)12-16/h4-9,11-12H,3,10,21H2,1-2H3,(H,22,24)(H,23,25). The molecule has 2 aromatic rings. The van der Waals surface area contributed by atoms with E-state index in [0.717, 1.165) is 6.42 Å². The smallest absolute Gasteiger partial charge is 0.255 e. The highest BCUT2D eigenvalue weighted by molar-refractivity contribution is 6.05. The van der Waals surface area contributed by atoms with Crippen LogP contribution in [0.2, 0.25) is 0 Å². The Hall–Kier alpha value is -2.73. The molecule has 6 heteroatoms. The summed E-state index contributed by atoms with van der Waals surface area (Å²) in [6.45, 7) is 3.63. The maximum atomic E-state index is 13.2. The average Bonchev–Trinajstić information content (AvgIpc) is 2.55. The van der Waals surface area contributed by atoms with Crippen LogP contribution in [0.1, 0.15) is 37.0 Å². The molecule has 1 atom stereocenters. The number of carbonyl (C=O) groups is 2. The first-order valence-electron chi connectivity index (χ1n) is 8.09. The van der Waals surface area contributed by atoms with Crippen LogP contribution >= 0.6 is 0 Å². The van der Waals surface area contributed by atoms with E-state index >= 15 is 0 Å². The molecule has 5 nitrogen and oxygen atoms in total. The fraction of sp³-hybridized carbons (Fsp3) is 0.263. The fourth-order valence-corrected chi connectivity index (χ4v) is 2.41. The highest BCUT2D eigenvalue weighted by Crippen LogP contribution is 2.17. The van der Waals surface area contributed by atoms with Crippen LogP contribution in [-0.2, 0) is 4.79 Å². The molecule has 0 radical (unpaired) electrons. The number of hydrogen-bond acceptors (Lipinski definition) is 3. The number of hydrogen-bond donors (Lipinski definition) is 3. The van der Waals surface area contributed by atoms with E-state index in [1.165, 1.54) is 18.2 Å². The summed E-state index contributed by atoms with van der Waals surface area (Å²) in [6.07, 6.45) is 1.34. The van der Waals surface area contributed by atoms with Crippen molar-refractivity contribution in [1.82, 2.24) is 0 Å². The maximum Gasteiger partial charge on any atom is 0.255 e. The summed E-state index contributed by atoms with van der Waals surface area (Å²) in [7, 11) is 0. The van der Waals surface area contributed by atoms with Crippen molar-refractivity contribution in [2.75, 3.05) is 10.6 Å². The molecule has 0 aromatic heterocycles. The lowest BCUT2D eigenvalue weighted by Crippen LogP contribution is -2.48. The molecule has 4 N–H and O–H groups in total. The molecule has 0 saturated carbocycles. The third-order valence-corrected chi connectivity index (χ3v) is 3.75. The topological polar surface area (TPSA) is 84.2 Å². The first kappa shape index (κ1) is 18.6. The van der Waals surface area contributed by atoms with Crippen LogP contribution in [0.4, 0.5) is 15.8 Å². The lowest BCUT2D eigenvalue weighted by Gasteiger charge is -2.23. The van der Waals surface area contributed by atoms with Gasteiger partial charge in [0.1, 0.15) is 5.82 Å². The van der Waals surface area contributed by atoms with Gasteiger partial charge in [0, 0.05) is 16.9 Å². The van der Waals surface area contributed by atoms with E-state index in [0.29, 0.717) is 23.4 Å². The van der Waals surface area contributed by atoms with Gasteiger partial charge in [0.15, 0.2) is 0 Å². The van der Waals surface area contributed by atoms with Crippen LogP contribution in [-0.4, -0.2) is 17.4 Å². The predicted octanol–water partition coefficient (Wildman–Crippen LogP) is 3.53. The van der Waals surface area contributed by atoms with E-state index < -0.39 is 17.3 Å². The third-order valence-electron chi connectivity index (χ3n) is 3.75. The quantitative estimate of drug-likeness (QED) is 0.750. The SMILES string of the molecule is CCCC(C)(N)C(=O)Nc1cccc(C(=O)Nc2cccc(F)c2)c1. The van der Waals surface area contributed by atoms with Gasteiger partial charge in [-0.2, -0.15) is 0 Å². The molecule has 2 aromatic carbocycles. The lowest BCUT2D eigenvalue weighted by molar-refractivity contribution is -0.120. The number of carbonyl (C=O) groups excluding carboxylic acids is 2. The monoisotopic (exact) mass is 343 g/mol. The van der Waals surface area contributed by atoms with E-state index in [4.69, 9.17) is 5.73 Å².